The van der Waals surface area contributed by atoms with Gasteiger partial charge in [-0.2, -0.15) is 10.5 Å². The van der Waals surface area contributed by atoms with E-state index in [-0.39, 0.29) is 5.57 Å². The Labute approximate surface area is 102 Å². The summed E-state index contributed by atoms with van der Waals surface area (Å²) in [5.74, 6) is 0.657. The molecule has 0 aliphatic carbocycles. The fourth-order valence-electron chi connectivity index (χ4n) is 1.07. The molecule has 0 bridgehead atoms. The fourth-order valence-corrected chi connectivity index (χ4v) is 1.70. The van der Waals surface area contributed by atoms with E-state index in [2.05, 4.69) is 22.6 Å². The van der Waals surface area contributed by atoms with E-state index in [4.69, 9.17) is 15.3 Å². The summed E-state index contributed by atoms with van der Waals surface area (Å²) < 4.78 is 6.09. The van der Waals surface area contributed by atoms with Crippen LogP contribution in [0.3, 0.4) is 0 Å². The zero-order chi connectivity index (χ0) is 11.3. The van der Waals surface area contributed by atoms with Crippen LogP contribution in [0.5, 0.6) is 5.75 Å². The molecule has 0 saturated carbocycles. The van der Waals surface area contributed by atoms with Gasteiger partial charge < -0.3 is 4.74 Å². The SMILES string of the molecule is COc1cccc(I)c1C=C(C#N)C#N. The number of methoxy groups -OCH3 is 1. The fraction of sp³-hybridized carbons (Fsp3) is 0.0909. The van der Waals surface area contributed by atoms with E-state index < -0.39 is 0 Å². The third kappa shape index (κ3) is 2.71. The van der Waals surface area contributed by atoms with Gasteiger partial charge in [-0.1, -0.05) is 6.07 Å². The zero-order valence-electron chi connectivity index (χ0n) is 7.99. The molecule has 15 heavy (non-hydrogen) atoms. The second kappa shape index (κ2) is 5.38. The number of benzene rings is 1. The largest absolute Gasteiger partial charge is 0.496 e. The van der Waals surface area contributed by atoms with Crippen molar-refractivity contribution in [3.8, 4) is 17.9 Å². The van der Waals surface area contributed by atoms with E-state index in [1.54, 1.807) is 13.2 Å². The molecule has 74 valence electrons. The Morgan fingerprint density at radius 2 is 2.07 bits per heavy atom. The molecule has 0 spiro atoms. The summed E-state index contributed by atoms with van der Waals surface area (Å²) in [6.07, 6.45) is 1.53. The van der Waals surface area contributed by atoms with Crippen LogP contribution in [0.1, 0.15) is 5.56 Å². The Kier molecular flexibility index (Phi) is 4.14. The molecule has 0 radical (unpaired) electrons. The molecule has 0 aromatic heterocycles. The van der Waals surface area contributed by atoms with Crippen molar-refractivity contribution in [2.45, 2.75) is 0 Å². The van der Waals surface area contributed by atoms with Gasteiger partial charge in [0, 0.05) is 9.13 Å². The molecule has 0 amide bonds. The highest BCUT2D eigenvalue weighted by Gasteiger charge is 2.05. The van der Waals surface area contributed by atoms with E-state index in [9.17, 15) is 0 Å². The van der Waals surface area contributed by atoms with Crippen LogP contribution >= 0.6 is 22.6 Å². The van der Waals surface area contributed by atoms with Gasteiger partial charge in [0.1, 0.15) is 23.5 Å². The quantitative estimate of drug-likeness (QED) is 0.623. The Balaban J connectivity index is 3.32. The summed E-state index contributed by atoms with van der Waals surface area (Å²) in [6, 6.07) is 9.18. The lowest BCUT2D eigenvalue weighted by Gasteiger charge is -2.05. The number of hydrogen-bond acceptors (Lipinski definition) is 3. The Morgan fingerprint density at radius 1 is 1.40 bits per heavy atom. The van der Waals surface area contributed by atoms with Crippen molar-refractivity contribution in [2.75, 3.05) is 7.11 Å². The first-order valence-corrected chi connectivity index (χ1v) is 5.15. The van der Waals surface area contributed by atoms with Crippen molar-refractivity contribution in [3.63, 3.8) is 0 Å². The third-order valence-electron chi connectivity index (χ3n) is 1.76. The zero-order valence-corrected chi connectivity index (χ0v) is 10.1. The standard InChI is InChI=1S/C11H7IN2O/c1-15-11-4-2-3-10(12)9(11)5-8(6-13)7-14/h2-5H,1H3. The molecule has 0 fully saturated rings. The Morgan fingerprint density at radius 3 is 2.60 bits per heavy atom. The molecule has 0 unspecified atom stereocenters. The first-order chi connectivity index (χ1) is 7.22. The van der Waals surface area contributed by atoms with E-state index in [0.717, 1.165) is 9.13 Å². The van der Waals surface area contributed by atoms with Gasteiger partial charge in [-0.15, -0.1) is 0 Å². The molecule has 4 heteroatoms. The van der Waals surface area contributed by atoms with Crippen molar-refractivity contribution in [1.82, 2.24) is 0 Å². The highest BCUT2D eigenvalue weighted by atomic mass is 127. The normalized spacial score (nSPS) is 8.53. The minimum Gasteiger partial charge on any atom is -0.496 e. The molecule has 0 heterocycles. The number of nitriles is 2. The van der Waals surface area contributed by atoms with Crippen LogP contribution in [-0.4, -0.2) is 7.11 Å². The smallest absolute Gasteiger partial charge is 0.130 e. The average Bonchev–Trinajstić information content (AvgIpc) is 2.27. The molecular formula is C11H7IN2O. The van der Waals surface area contributed by atoms with Gasteiger partial charge in [0.2, 0.25) is 0 Å². The van der Waals surface area contributed by atoms with Crippen LogP contribution in [-0.2, 0) is 0 Å². The molecule has 0 atom stereocenters. The maximum Gasteiger partial charge on any atom is 0.130 e. The van der Waals surface area contributed by atoms with Gasteiger partial charge in [-0.05, 0) is 40.8 Å². The number of halogens is 1. The molecule has 1 aromatic carbocycles. The maximum atomic E-state index is 8.66. The highest BCUT2D eigenvalue weighted by Crippen LogP contribution is 2.25. The minimum atomic E-state index is 0.0671. The van der Waals surface area contributed by atoms with Crippen molar-refractivity contribution >= 4 is 28.7 Å². The van der Waals surface area contributed by atoms with Crippen molar-refractivity contribution in [3.05, 3.63) is 32.9 Å². The summed E-state index contributed by atoms with van der Waals surface area (Å²) >= 11 is 2.13. The predicted molar refractivity (Wildman–Crippen MR) is 64.9 cm³/mol. The van der Waals surface area contributed by atoms with Crippen LogP contribution < -0.4 is 4.74 Å². The van der Waals surface area contributed by atoms with Crippen LogP contribution in [0.2, 0.25) is 0 Å². The first-order valence-electron chi connectivity index (χ1n) is 4.07. The number of hydrogen-bond donors (Lipinski definition) is 0. The lowest BCUT2D eigenvalue weighted by atomic mass is 10.1. The van der Waals surface area contributed by atoms with Crippen molar-refractivity contribution in [1.29, 1.82) is 10.5 Å². The van der Waals surface area contributed by atoms with Gasteiger partial charge in [0.25, 0.3) is 0 Å². The topological polar surface area (TPSA) is 56.8 Å². The van der Waals surface area contributed by atoms with Crippen LogP contribution in [0.25, 0.3) is 6.08 Å². The van der Waals surface area contributed by atoms with E-state index >= 15 is 0 Å². The molecule has 1 rings (SSSR count). The summed E-state index contributed by atoms with van der Waals surface area (Å²) in [5.41, 5.74) is 0.830. The van der Waals surface area contributed by atoms with Gasteiger partial charge in [0.05, 0.1) is 7.11 Å². The first kappa shape index (κ1) is 11.5. The van der Waals surface area contributed by atoms with Crippen LogP contribution in [0.4, 0.5) is 0 Å². The number of nitrogens with zero attached hydrogens (tertiary/aromatic N) is 2. The monoisotopic (exact) mass is 310 g/mol. The summed E-state index contributed by atoms with van der Waals surface area (Å²) in [4.78, 5) is 0. The molecule has 3 nitrogen and oxygen atoms in total. The lowest BCUT2D eigenvalue weighted by molar-refractivity contribution is 0.413. The summed E-state index contributed by atoms with van der Waals surface area (Å²) in [5, 5.41) is 17.3. The maximum absolute atomic E-state index is 8.66. The van der Waals surface area contributed by atoms with Gasteiger partial charge in [0.15, 0.2) is 0 Å². The molecule has 1 aromatic rings. The third-order valence-corrected chi connectivity index (χ3v) is 2.70. The van der Waals surface area contributed by atoms with Gasteiger partial charge >= 0.3 is 0 Å². The average molecular weight is 310 g/mol. The van der Waals surface area contributed by atoms with E-state index in [0.29, 0.717) is 5.75 Å². The summed E-state index contributed by atoms with van der Waals surface area (Å²) in [7, 11) is 1.56. The molecular weight excluding hydrogens is 303 g/mol. The van der Waals surface area contributed by atoms with Crippen LogP contribution in [0, 0.1) is 26.2 Å². The lowest BCUT2D eigenvalue weighted by Crippen LogP contribution is -1.90. The van der Waals surface area contributed by atoms with E-state index in [1.165, 1.54) is 6.08 Å². The van der Waals surface area contributed by atoms with E-state index in [1.807, 2.05) is 24.3 Å². The second-order valence-electron chi connectivity index (χ2n) is 2.64. The Hall–Kier alpha value is -1.53. The molecule has 0 saturated heterocycles. The second-order valence-corrected chi connectivity index (χ2v) is 3.80. The van der Waals surface area contributed by atoms with Gasteiger partial charge in [-0.3, -0.25) is 0 Å². The predicted octanol–water partition coefficient (Wildman–Crippen LogP) is 2.73. The van der Waals surface area contributed by atoms with Crippen molar-refractivity contribution < 1.29 is 4.74 Å². The molecule has 0 N–H and O–H groups in total. The van der Waals surface area contributed by atoms with Crippen molar-refractivity contribution in [2.24, 2.45) is 0 Å². The number of allylic oxidation sites excluding steroid dienone is 1. The van der Waals surface area contributed by atoms with Crippen LogP contribution in [0.15, 0.2) is 23.8 Å². The number of rotatable bonds is 2. The minimum absolute atomic E-state index is 0.0671. The molecule has 0 aliphatic rings. The Bertz CT molecular complexity index is 464. The summed E-state index contributed by atoms with van der Waals surface area (Å²) in [6.45, 7) is 0. The van der Waals surface area contributed by atoms with Gasteiger partial charge in [-0.25, -0.2) is 0 Å². The highest BCUT2D eigenvalue weighted by molar-refractivity contribution is 14.1. The number of ether oxygens (including phenoxy) is 1. The molecule has 0 aliphatic heterocycles.